The molecule has 0 atom stereocenters. The quantitative estimate of drug-likeness (QED) is 0.586. The molecule has 0 radical (unpaired) electrons. The Hall–Kier alpha value is -2.53. The molecule has 1 aromatic rings. The number of piperidine rings is 1. The third kappa shape index (κ3) is 6.49. The van der Waals surface area contributed by atoms with Crippen LogP contribution in [-0.2, 0) is 19.6 Å². The summed E-state index contributed by atoms with van der Waals surface area (Å²) in [5, 5.41) is 2.88. The molecule has 2 N–H and O–H groups in total. The molecule has 2 rings (SSSR count). The molecule has 1 fully saturated rings. The van der Waals surface area contributed by atoms with Crippen molar-refractivity contribution in [3.63, 3.8) is 0 Å². The third-order valence-corrected chi connectivity index (χ3v) is 6.15. The first-order chi connectivity index (χ1) is 14.3. The van der Waals surface area contributed by atoms with Crippen LogP contribution in [0.1, 0.15) is 26.2 Å². The Morgan fingerprint density at radius 3 is 2.40 bits per heavy atom. The van der Waals surface area contributed by atoms with Crippen LogP contribution in [0.2, 0.25) is 0 Å². The third-order valence-electron chi connectivity index (χ3n) is 4.70. The van der Waals surface area contributed by atoms with Gasteiger partial charge in [0.2, 0.25) is 15.9 Å². The van der Waals surface area contributed by atoms with E-state index in [9.17, 15) is 18.0 Å². The molecule has 0 unspecified atom stereocenters. The molecular weight excluding hydrogens is 414 g/mol. The van der Waals surface area contributed by atoms with Crippen LogP contribution >= 0.6 is 0 Å². The van der Waals surface area contributed by atoms with Gasteiger partial charge in [0, 0.05) is 38.2 Å². The van der Waals surface area contributed by atoms with E-state index in [1.807, 2.05) is 0 Å². The minimum absolute atomic E-state index is 0.00457. The average Bonchev–Trinajstić information content (AvgIpc) is 2.73. The van der Waals surface area contributed by atoms with Gasteiger partial charge in [-0.25, -0.2) is 17.9 Å². The predicted octanol–water partition coefficient (Wildman–Crippen LogP) is 1.11. The van der Waals surface area contributed by atoms with Crippen molar-refractivity contribution in [3.8, 4) is 11.5 Å². The van der Waals surface area contributed by atoms with E-state index in [0.717, 1.165) is 0 Å². The van der Waals surface area contributed by atoms with Gasteiger partial charge in [0.15, 0.2) is 11.5 Å². The maximum atomic E-state index is 12.4. The molecule has 2 amide bonds. The van der Waals surface area contributed by atoms with Crippen molar-refractivity contribution in [2.75, 3.05) is 40.5 Å². The molecule has 0 aromatic heterocycles. The lowest BCUT2D eigenvalue weighted by Gasteiger charge is -2.31. The summed E-state index contributed by atoms with van der Waals surface area (Å²) in [4.78, 5) is 25.5. The van der Waals surface area contributed by atoms with Gasteiger partial charge >= 0.3 is 6.09 Å². The maximum Gasteiger partial charge on any atom is 0.409 e. The van der Waals surface area contributed by atoms with Gasteiger partial charge in [-0.3, -0.25) is 4.79 Å². The Balaban J connectivity index is 1.78. The van der Waals surface area contributed by atoms with E-state index in [0.29, 0.717) is 44.0 Å². The van der Waals surface area contributed by atoms with E-state index >= 15 is 0 Å². The molecule has 0 saturated carbocycles. The fraction of sp³-hybridized carbons (Fsp3) is 0.579. The van der Waals surface area contributed by atoms with Crippen molar-refractivity contribution in [1.82, 2.24) is 14.9 Å². The number of nitrogens with zero attached hydrogens (tertiary/aromatic N) is 1. The minimum atomic E-state index is -3.79. The lowest BCUT2D eigenvalue weighted by Crippen LogP contribution is -2.47. The number of carbonyl (C=O) groups excluding carboxylic acids is 2. The van der Waals surface area contributed by atoms with Crippen molar-refractivity contribution >= 4 is 22.0 Å². The highest BCUT2D eigenvalue weighted by atomic mass is 32.2. The second kappa shape index (κ2) is 11.0. The first-order valence-electron chi connectivity index (χ1n) is 9.73. The van der Waals surface area contributed by atoms with E-state index in [-0.39, 0.29) is 35.9 Å². The predicted molar refractivity (Wildman–Crippen MR) is 109 cm³/mol. The SMILES string of the molecule is CCOC(=O)N1CCC(NC(=O)CCNS(=O)(=O)c2ccc(OC)c(OC)c2)CC1. The number of likely N-dealkylation sites (tertiary alicyclic amines) is 1. The molecule has 0 bridgehead atoms. The Kier molecular flexibility index (Phi) is 8.72. The average molecular weight is 444 g/mol. The second-order valence-corrected chi connectivity index (χ2v) is 8.46. The van der Waals surface area contributed by atoms with E-state index in [4.69, 9.17) is 14.2 Å². The zero-order valence-corrected chi connectivity index (χ0v) is 18.3. The van der Waals surface area contributed by atoms with Crippen LogP contribution in [0.4, 0.5) is 4.79 Å². The lowest BCUT2D eigenvalue weighted by molar-refractivity contribution is -0.121. The Labute approximate surface area is 176 Å². The molecule has 30 heavy (non-hydrogen) atoms. The van der Waals surface area contributed by atoms with Crippen molar-refractivity contribution in [2.45, 2.75) is 37.1 Å². The van der Waals surface area contributed by atoms with Gasteiger partial charge < -0.3 is 24.4 Å². The number of ether oxygens (including phenoxy) is 3. The fourth-order valence-corrected chi connectivity index (χ4v) is 4.13. The number of amides is 2. The number of benzene rings is 1. The van der Waals surface area contributed by atoms with Crippen LogP contribution in [-0.4, -0.2) is 71.8 Å². The molecule has 1 heterocycles. The smallest absolute Gasteiger partial charge is 0.409 e. The summed E-state index contributed by atoms with van der Waals surface area (Å²) in [6.45, 7) is 3.06. The van der Waals surface area contributed by atoms with Gasteiger partial charge in [-0.05, 0) is 31.9 Å². The Morgan fingerprint density at radius 2 is 1.80 bits per heavy atom. The van der Waals surface area contributed by atoms with Crippen LogP contribution < -0.4 is 19.5 Å². The van der Waals surface area contributed by atoms with E-state index in [1.54, 1.807) is 11.8 Å². The van der Waals surface area contributed by atoms with Crippen LogP contribution in [0.3, 0.4) is 0 Å². The molecule has 0 aliphatic carbocycles. The minimum Gasteiger partial charge on any atom is -0.493 e. The fourth-order valence-electron chi connectivity index (χ4n) is 3.09. The van der Waals surface area contributed by atoms with E-state index in [1.165, 1.54) is 32.4 Å². The van der Waals surface area contributed by atoms with Crippen LogP contribution in [0, 0.1) is 0 Å². The topological polar surface area (TPSA) is 123 Å². The summed E-state index contributed by atoms with van der Waals surface area (Å²) in [6, 6.07) is 4.22. The van der Waals surface area contributed by atoms with Crippen LogP contribution in [0.25, 0.3) is 0 Å². The summed E-state index contributed by atoms with van der Waals surface area (Å²) in [7, 11) is -0.911. The highest BCUT2D eigenvalue weighted by Crippen LogP contribution is 2.29. The molecule has 10 nitrogen and oxygen atoms in total. The van der Waals surface area contributed by atoms with Gasteiger partial charge in [-0.2, -0.15) is 0 Å². The second-order valence-electron chi connectivity index (χ2n) is 6.69. The number of rotatable bonds is 9. The normalized spacial score (nSPS) is 14.8. The zero-order chi connectivity index (χ0) is 22.1. The largest absolute Gasteiger partial charge is 0.493 e. The first-order valence-corrected chi connectivity index (χ1v) is 11.2. The molecule has 1 aromatic carbocycles. The number of hydrogen-bond acceptors (Lipinski definition) is 7. The lowest BCUT2D eigenvalue weighted by atomic mass is 10.1. The summed E-state index contributed by atoms with van der Waals surface area (Å²) >= 11 is 0. The number of methoxy groups -OCH3 is 2. The first kappa shape index (κ1) is 23.7. The Morgan fingerprint density at radius 1 is 1.13 bits per heavy atom. The Bertz CT molecular complexity index is 837. The summed E-state index contributed by atoms with van der Waals surface area (Å²) < 4.78 is 42.5. The highest BCUT2D eigenvalue weighted by molar-refractivity contribution is 7.89. The highest BCUT2D eigenvalue weighted by Gasteiger charge is 2.24. The maximum absolute atomic E-state index is 12.4. The van der Waals surface area contributed by atoms with Gasteiger partial charge in [0.05, 0.1) is 25.7 Å². The summed E-state index contributed by atoms with van der Waals surface area (Å²) in [6.07, 6.45) is 0.918. The van der Waals surface area contributed by atoms with Crippen molar-refractivity contribution in [1.29, 1.82) is 0 Å². The van der Waals surface area contributed by atoms with Crippen molar-refractivity contribution in [3.05, 3.63) is 18.2 Å². The standard InChI is InChI=1S/C19H29N3O7S/c1-4-29-19(24)22-11-8-14(9-12-22)21-18(23)7-10-20-30(25,26)15-5-6-16(27-2)17(13-15)28-3/h5-6,13-14,20H,4,7-12H2,1-3H3,(H,21,23). The summed E-state index contributed by atoms with van der Waals surface area (Å²) in [5.74, 6) is 0.469. The zero-order valence-electron chi connectivity index (χ0n) is 17.5. The molecular formula is C19H29N3O7S. The number of hydrogen-bond donors (Lipinski definition) is 2. The van der Waals surface area contributed by atoms with Gasteiger partial charge in [-0.1, -0.05) is 0 Å². The number of carbonyl (C=O) groups is 2. The molecule has 1 aliphatic heterocycles. The van der Waals surface area contributed by atoms with Crippen LogP contribution in [0.15, 0.2) is 23.1 Å². The molecule has 0 spiro atoms. The van der Waals surface area contributed by atoms with Crippen molar-refractivity contribution in [2.24, 2.45) is 0 Å². The molecule has 168 valence electrons. The number of sulfonamides is 1. The monoisotopic (exact) mass is 443 g/mol. The van der Waals surface area contributed by atoms with E-state index in [2.05, 4.69) is 10.0 Å². The molecule has 1 saturated heterocycles. The number of nitrogens with one attached hydrogen (secondary N) is 2. The molecule has 11 heteroatoms. The van der Waals surface area contributed by atoms with Gasteiger partial charge in [-0.15, -0.1) is 0 Å². The van der Waals surface area contributed by atoms with Gasteiger partial charge in [0.1, 0.15) is 0 Å². The summed E-state index contributed by atoms with van der Waals surface area (Å²) in [5.41, 5.74) is 0. The van der Waals surface area contributed by atoms with Gasteiger partial charge in [0.25, 0.3) is 0 Å². The van der Waals surface area contributed by atoms with Crippen molar-refractivity contribution < 1.29 is 32.2 Å². The van der Waals surface area contributed by atoms with Crippen LogP contribution in [0.5, 0.6) is 11.5 Å². The van der Waals surface area contributed by atoms with E-state index < -0.39 is 10.0 Å². The molecule has 1 aliphatic rings.